The number of anilines is 1. The summed E-state index contributed by atoms with van der Waals surface area (Å²) in [6.07, 6.45) is 1.58. The van der Waals surface area contributed by atoms with Crippen LogP contribution in [0.1, 0.15) is 17.4 Å². The molecule has 0 saturated carbocycles. The first-order valence-corrected chi connectivity index (χ1v) is 6.37. The van der Waals surface area contributed by atoms with Crippen molar-refractivity contribution in [2.75, 3.05) is 11.9 Å². The molecule has 5 heteroatoms. The Labute approximate surface area is 115 Å². The highest BCUT2D eigenvalue weighted by molar-refractivity contribution is 6.06. The van der Waals surface area contributed by atoms with Crippen LogP contribution in [0.5, 0.6) is 5.75 Å². The van der Waals surface area contributed by atoms with E-state index in [2.05, 4.69) is 10.3 Å². The van der Waals surface area contributed by atoms with Crippen LogP contribution >= 0.6 is 0 Å². The topological polar surface area (TPSA) is 67.3 Å². The molecule has 0 atom stereocenters. The normalized spacial score (nSPS) is 10.7. The number of amides is 1. The summed E-state index contributed by atoms with van der Waals surface area (Å²) >= 11 is 0. The summed E-state index contributed by atoms with van der Waals surface area (Å²) in [4.78, 5) is 15.2. The van der Waals surface area contributed by atoms with Crippen molar-refractivity contribution in [3.8, 4) is 5.75 Å². The third kappa shape index (κ3) is 2.25. The fraction of sp³-hybridized carbons (Fsp3) is 0.133. The third-order valence-corrected chi connectivity index (χ3v) is 2.92. The summed E-state index contributed by atoms with van der Waals surface area (Å²) in [5, 5.41) is 2.83. The maximum absolute atomic E-state index is 12.2. The number of carbonyl (C=O) groups excluding carboxylic acids is 1. The third-order valence-electron chi connectivity index (χ3n) is 2.92. The standard InChI is InChI=1S/C15H14N2O3/c1-2-19-13-6-4-3-5-10(13)17-15(18)12-9-14-11(16-12)7-8-20-14/h3-9,16H,2H2,1H3,(H,17,18). The van der Waals surface area contributed by atoms with E-state index >= 15 is 0 Å². The molecule has 1 amide bonds. The zero-order chi connectivity index (χ0) is 13.9. The molecule has 2 heterocycles. The quantitative estimate of drug-likeness (QED) is 0.763. The van der Waals surface area contributed by atoms with Crippen LogP contribution in [-0.4, -0.2) is 17.5 Å². The molecule has 2 N–H and O–H groups in total. The zero-order valence-electron chi connectivity index (χ0n) is 11.0. The molecule has 0 aliphatic carbocycles. The van der Waals surface area contributed by atoms with Gasteiger partial charge >= 0.3 is 0 Å². The Hall–Kier alpha value is -2.69. The summed E-state index contributed by atoms with van der Waals surface area (Å²) in [7, 11) is 0. The van der Waals surface area contributed by atoms with Crippen LogP contribution in [-0.2, 0) is 0 Å². The van der Waals surface area contributed by atoms with Crippen molar-refractivity contribution in [1.29, 1.82) is 0 Å². The number of nitrogens with one attached hydrogen (secondary N) is 2. The van der Waals surface area contributed by atoms with E-state index in [0.717, 1.165) is 5.52 Å². The van der Waals surface area contributed by atoms with Gasteiger partial charge in [-0.2, -0.15) is 0 Å². The van der Waals surface area contributed by atoms with Crippen molar-refractivity contribution < 1.29 is 13.9 Å². The van der Waals surface area contributed by atoms with Gasteiger partial charge in [-0.05, 0) is 19.1 Å². The van der Waals surface area contributed by atoms with Crippen molar-refractivity contribution in [2.45, 2.75) is 6.92 Å². The fourth-order valence-corrected chi connectivity index (χ4v) is 2.01. The fourth-order valence-electron chi connectivity index (χ4n) is 2.01. The highest BCUT2D eigenvalue weighted by atomic mass is 16.5. The molecule has 0 radical (unpaired) electrons. The number of para-hydroxylation sites is 2. The number of aromatic amines is 1. The number of benzene rings is 1. The van der Waals surface area contributed by atoms with E-state index in [4.69, 9.17) is 9.15 Å². The second-order valence-electron chi connectivity index (χ2n) is 4.26. The average molecular weight is 270 g/mol. The molecule has 20 heavy (non-hydrogen) atoms. The van der Waals surface area contributed by atoms with E-state index < -0.39 is 0 Å². The molecule has 3 aromatic rings. The van der Waals surface area contributed by atoms with Crippen LogP contribution < -0.4 is 10.1 Å². The first-order valence-electron chi connectivity index (χ1n) is 6.37. The van der Waals surface area contributed by atoms with Crippen molar-refractivity contribution in [1.82, 2.24) is 4.98 Å². The average Bonchev–Trinajstić information content (AvgIpc) is 3.02. The Balaban J connectivity index is 1.83. The van der Waals surface area contributed by atoms with Gasteiger partial charge in [0.05, 0.1) is 24.1 Å². The summed E-state index contributed by atoms with van der Waals surface area (Å²) < 4.78 is 10.7. The molecule has 3 rings (SSSR count). The first-order chi connectivity index (χ1) is 9.78. The highest BCUT2D eigenvalue weighted by Crippen LogP contribution is 2.24. The van der Waals surface area contributed by atoms with Crippen LogP contribution in [0.3, 0.4) is 0 Å². The number of furan rings is 1. The summed E-state index contributed by atoms with van der Waals surface area (Å²) in [6.45, 7) is 2.44. The van der Waals surface area contributed by atoms with Crippen LogP contribution in [0.4, 0.5) is 5.69 Å². The molecule has 0 unspecified atom stereocenters. The van der Waals surface area contributed by atoms with Crippen molar-refractivity contribution in [3.05, 3.63) is 48.4 Å². The molecular weight excluding hydrogens is 256 g/mol. The lowest BCUT2D eigenvalue weighted by Gasteiger charge is -2.10. The zero-order valence-corrected chi connectivity index (χ0v) is 11.0. The second kappa shape index (κ2) is 5.13. The van der Waals surface area contributed by atoms with Crippen molar-refractivity contribution in [2.24, 2.45) is 0 Å². The molecule has 0 aliphatic heterocycles. The largest absolute Gasteiger partial charge is 0.492 e. The van der Waals surface area contributed by atoms with Gasteiger partial charge in [-0.3, -0.25) is 4.79 Å². The SMILES string of the molecule is CCOc1ccccc1NC(=O)c1cc2occc2[nH]1. The number of hydrogen-bond acceptors (Lipinski definition) is 3. The van der Waals surface area contributed by atoms with Crippen molar-refractivity contribution in [3.63, 3.8) is 0 Å². The minimum atomic E-state index is -0.233. The van der Waals surface area contributed by atoms with Gasteiger partial charge in [-0.25, -0.2) is 0 Å². The Bertz CT molecular complexity index is 714. The molecule has 0 saturated heterocycles. The van der Waals surface area contributed by atoms with Crippen LogP contribution in [0.15, 0.2) is 47.1 Å². The van der Waals surface area contributed by atoms with E-state index in [9.17, 15) is 4.79 Å². The summed E-state index contributed by atoms with van der Waals surface area (Å²) in [6, 6.07) is 10.8. The predicted molar refractivity (Wildman–Crippen MR) is 76.1 cm³/mol. The lowest BCUT2D eigenvalue weighted by atomic mass is 10.3. The number of aromatic nitrogens is 1. The molecule has 102 valence electrons. The smallest absolute Gasteiger partial charge is 0.272 e. The number of ether oxygens (including phenoxy) is 1. The van der Waals surface area contributed by atoms with Gasteiger partial charge < -0.3 is 19.5 Å². The van der Waals surface area contributed by atoms with Gasteiger partial charge in [0, 0.05) is 12.1 Å². The molecule has 0 spiro atoms. The number of hydrogen-bond donors (Lipinski definition) is 2. The molecular formula is C15H14N2O3. The van der Waals surface area contributed by atoms with Crippen LogP contribution in [0.2, 0.25) is 0 Å². The Morgan fingerprint density at radius 3 is 3.00 bits per heavy atom. The Kier molecular flexibility index (Phi) is 3.16. The van der Waals surface area contributed by atoms with Gasteiger partial charge in [0.1, 0.15) is 11.4 Å². The number of fused-ring (bicyclic) bond motifs is 1. The molecule has 1 aromatic carbocycles. The van der Waals surface area contributed by atoms with Gasteiger partial charge in [-0.1, -0.05) is 12.1 Å². The molecule has 0 bridgehead atoms. The molecule has 0 aliphatic rings. The monoisotopic (exact) mass is 270 g/mol. The maximum atomic E-state index is 12.2. The highest BCUT2D eigenvalue weighted by Gasteiger charge is 2.13. The lowest BCUT2D eigenvalue weighted by Crippen LogP contribution is -2.13. The second-order valence-corrected chi connectivity index (χ2v) is 4.26. The van der Waals surface area contributed by atoms with Crippen molar-refractivity contribution >= 4 is 22.7 Å². The van der Waals surface area contributed by atoms with Gasteiger partial charge in [-0.15, -0.1) is 0 Å². The van der Waals surface area contributed by atoms with Crippen LogP contribution in [0.25, 0.3) is 11.1 Å². The van der Waals surface area contributed by atoms with E-state index in [0.29, 0.717) is 29.3 Å². The number of rotatable bonds is 4. The number of carbonyl (C=O) groups is 1. The minimum absolute atomic E-state index is 0.233. The van der Waals surface area contributed by atoms with E-state index in [1.54, 1.807) is 24.5 Å². The maximum Gasteiger partial charge on any atom is 0.272 e. The summed E-state index contributed by atoms with van der Waals surface area (Å²) in [5.41, 5.74) is 2.55. The van der Waals surface area contributed by atoms with E-state index in [1.807, 2.05) is 25.1 Å². The van der Waals surface area contributed by atoms with Gasteiger partial charge in [0.15, 0.2) is 5.58 Å². The first kappa shape index (κ1) is 12.3. The van der Waals surface area contributed by atoms with Gasteiger partial charge in [0.25, 0.3) is 5.91 Å². The minimum Gasteiger partial charge on any atom is -0.492 e. The molecule has 0 fully saturated rings. The van der Waals surface area contributed by atoms with E-state index in [-0.39, 0.29) is 5.91 Å². The van der Waals surface area contributed by atoms with Gasteiger partial charge in [0.2, 0.25) is 0 Å². The Morgan fingerprint density at radius 1 is 1.35 bits per heavy atom. The molecule has 5 nitrogen and oxygen atoms in total. The summed E-state index contributed by atoms with van der Waals surface area (Å²) in [5.74, 6) is 0.419. The number of H-pyrrole nitrogens is 1. The Morgan fingerprint density at radius 2 is 2.20 bits per heavy atom. The van der Waals surface area contributed by atoms with Crippen LogP contribution in [0, 0.1) is 0 Å². The lowest BCUT2D eigenvalue weighted by molar-refractivity contribution is 0.102. The van der Waals surface area contributed by atoms with E-state index in [1.165, 1.54) is 0 Å². The molecule has 2 aromatic heterocycles. The predicted octanol–water partition coefficient (Wildman–Crippen LogP) is 3.41.